The molecule has 0 bridgehead atoms. The lowest BCUT2D eigenvalue weighted by molar-refractivity contribution is 0.826. The predicted octanol–water partition coefficient (Wildman–Crippen LogP) is 2.55. The van der Waals surface area contributed by atoms with Crippen LogP contribution < -0.4 is 0 Å². The maximum Gasteiger partial charge on any atom is 0.180 e. The van der Waals surface area contributed by atoms with E-state index in [0.717, 1.165) is 21.4 Å². The highest BCUT2D eigenvalue weighted by atomic mass is 79.9. The third-order valence-electron chi connectivity index (χ3n) is 2.36. The Hall–Kier alpha value is -1.75. The molecule has 5 heteroatoms. The van der Waals surface area contributed by atoms with Crippen molar-refractivity contribution in [1.82, 2.24) is 20.0 Å². The first-order chi connectivity index (χ1) is 7.86. The Morgan fingerprint density at radius 3 is 2.62 bits per heavy atom. The van der Waals surface area contributed by atoms with Crippen molar-refractivity contribution in [3.05, 3.63) is 46.9 Å². The molecule has 0 aliphatic rings. The van der Waals surface area contributed by atoms with Crippen LogP contribution in [-0.2, 0) is 0 Å². The van der Waals surface area contributed by atoms with Crippen molar-refractivity contribution in [2.45, 2.75) is 0 Å². The van der Waals surface area contributed by atoms with E-state index in [-0.39, 0.29) is 0 Å². The van der Waals surface area contributed by atoms with Gasteiger partial charge in [-0.05, 0) is 38.5 Å². The Morgan fingerprint density at radius 1 is 1.00 bits per heavy atom. The molecule has 0 spiro atoms. The number of hydrogen-bond donors (Lipinski definition) is 0. The average Bonchev–Trinajstić information content (AvgIpc) is 2.78. The average molecular weight is 275 g/mol. The number of rotatable bonds is 1. The van der Waals surface area contributed by atoms with Crippen LogP contribution in [0.5, 0.6) is 0 Å². The molecular weight excluding hydrogens is 268 g/mol. The van der Waals surface area contributed by atoms with E-state index in [1.165, 1.54) is 0 Å². The second-order valence-corrected chi connectivity index (χ2v) is 4.20. The quantitative estimate of drug-likeness (QED) is 0.685. The highest BCUT2D eigenvalue weighted by molar-refractivity contribution is 9.10. The molecule has 0 amide bonds. The van der Waals surface area contributed by atoms with Gasteiger partial charge in [0.15, 0.2) is 5.65 Å². The SMILES string of the molecule is Brc1ccc2nnnn2c1-c1ccccc1. The predicted molar refractivity (Wildman–Crippen MR) is 63.9 cm³/mol. The molecular formula is C11H7BrN4. The molecule has 0 fully saturated rings. The third kappa shape index (κ3) is 1.40. The molecule has 4 nitrogen and oxygen atoms in total. The van der Waals surface area contributed by atoms with Gasteiger partial charge in [-0.25, -0.2) is 0 Å². The molecule has 1 aromatic carbocycles. The standard InChI is InChI=1S/C11H7BrN4/c12-9-6-7-10-13-14-15-16(10)11(9)8-4-2-1-3-5-8/h1-7H. The fourth-order valence-corrected chi connectivity index (χ4v) is 2.17. The summed E-state index contributed by atoms with van der Waals surface area (Å²) < 4.78 is 2.69. The first-order valence-corrected chi connectivity index (χ1v) is 5.57. The zero-order valence-electron chi connectivity index (χ0n) is 8.21. The molecule has 0 atom stereocenters. The molecule has 0 aliphatic carbocycles. The summed E-state index contributed by atoms with van der Waals surface area (Å²) in [6.45, 7) is 0. The number of hydrogen-bond acceptors (Lipinski definition) is 3. The number of tetrazole rings is 1. The van der Waals surface area contributed by atoms with Crippen LogP contribution in [0.25, 0.3) is 16.9 Å². The molecule has 0 N–H and O–H groups in total. The minimum Gasteiger partial charge on any atom is -0.192 e. The summed E-state index contributed by atoms with van der Waals surface area (Å²) in [5.74, 6) is 0. The molecule has 16 heavy (non-hydrogen) atoms. The smallest absolute Gasteiger partial charge is 0.180 e. The number of pyridine rings is 1. The number of halogens is 1. The summed E-state index contributed by atoms with van der Waals surface area (Å²) >= 11 is 3.52. The number of aromatic nitrogens is 4. The Balaban J connectivity index is 2.38. The molecule has 0 saturated heterocycles. The molecule has 0 radical (unpaired) electrons. The maximum absolute atomic E-state index is 3.98. The van der Waals surface area contributed by atoms with Crippen LogP contribution in [0.1, 0.15) is 0 Å². The number of nitrogens with zero attached hydrogens (tertiary/aromatic N) is 4. The van der Waals surface area contributed by atoms with E-state index in [1.807, 2.05) is 42.5 Å². The van der Waals surface area contributed by atoms with Gasteiger partial charge in [-0.2, -0.15) is 4.52 Å². The molecule has 2 aromatic heterocycles. The lowest BCUT2D eigenvalue weighted by atomic mass is 10.1. The van der Waals surface area contributed by atoms with E-state index in [9.17, 15) is 0 Å². The van der Waals surface area contributed by atoms with Gasteiger partial charge in [-0.1, -0.05) is 30.3 Å². The van der Waals surface area contributed by atoms with Crippen molar-refractivity contribution in [2.24, 2.45) is 0 Å². The van der Waals surface area contributed by atoms with E-state index in [1.54, 1.807) is 4.52 Å². The topological polar surface area (TPSA) is 43.1 Å². The van der Waals surface area contributed by atoms with Crippen molar-refractivity contribution in [2.75, 3.05) is 0 Å². The minimum absolute atomic E-state index is 0.738. The summed E-state index contributed by atoms with van der Waals surface area (Å²) in [6, 6.07) is 13.8. The Labute approximate surface area is 100 Å². The van der Waals surface area contributed by atoms with Gasteiger partial charge < -0.3 is 0 Å². The molecule has 3 rings (SSSR count). The zero-order chi connectivity index (χ0) is 11.0. The highest BCUT2D eigenvalue weighted by Crippen LogP contribution is 2.27. The van der Waals surface area contributed by atoms with Crippen LogP contribution in [0.3, 0.4) is 0 Å². The molecule has 0 aliphatic heterocycles. The second-order valence-electron chi connectivity index (χ2n) is 3.34. The van der Waals surface area contributed by atoms with Gasteiger partial charge in [0.1, 0.15) is 0 Å². The fraction of sp³-hybridized carbons (Fsp3) is 0. The largest absolute Gasteiger partial charge is 0.192 e. The molecule has 2 heterocycles. The molecule has 78 valence electrons. The first kappa shape index (κ1) is 9.47. The van der Waals surface area contributed by atoms with Crippen LogP contribution >= 0.6 is 15.9 Å². The minimum atomic E-state index is 0.738. The van der Waals surface area contributed by atoms with E-state index in [0.29, 0.717) is 0 Å². The summed E-state index contributed by atoms with van der Waals surface area (Å²) in [6.07, 6.45) is 0. The van der Waals surface area contributed by atoms with Crippen molar-refractivity contribution < 1.29 is 0 Å². The second kappa shape index (κ2) is 3.68. The van der Waals surface area contributed by atoms with Crippen molar-refractivity contribution in [3.8, 4) is 11.3 Å². The van der Waals surface area contributed by atoms with Gasteiger partial charge in [0, 0.05) is 10.0 Å². The first-order valence-electron chi connectivity index (χ1n) is 4.78. The molecule has 0 saturated carbocycles. The van der Waals surface area contributed by atoms with Gasteiger partial charge in [0.25, 0.3) is 0 Å². The van der Waals surface area contributed by atoms with E-state index < -0.39 is 0 Å². The summed E-state index contributed by atoms with van der Waals surface area (Å²) in [4.78, 5) is 0. The van der Waals surface area contributed by atoms with Gasteiger partial charge in [-0.3, -0.25) is 0 Å². The maximum atomic E-state index is 3.98. The van der Waals surface area contributed by atoms with E-state index in [2.05, 4.69) is 31.5 Å². The Bertz CT molecular complexity index is 633. The highest BCUT2D eigenvalue weighted by Gasteiger charge is 2.09. The van der Waals surface area contributed by atoms with Crippen LogP contribution in [-0.4, -0.2) is 20.0 Å². The normalized spacial score (nSPS) is 10.8. The molecule has 0 unspecified atom stereocenters. The van der Waals surface area contributed by atoms with Gasteiger partial charge >= 0.3 is 0 Å². The van der Waals surface area contributed by atoms with Crippen LogP contribution in [0.2, 0.25) is 0 Å². The van der Waals surface area contributed by atoms with Gasteiger partial charge in [0.2, 0.25) is 0 Å². The van der Waals surface area contributed by atoms with E-state index in [4.69, 9.17) is 0 Å². The van der Waals surface area contributed by atoms with Crippen molar-refractivity contribution in [3.63, 3.8) is 0 Å². The number of fused-ring (bicyclic) bond motifs is 1. The van der Waals surface area contributed by atoms with Crippen molar-refractivity contribution >= 4 is 21.6 Å². The monoisotopic (exact) mass is 274 g/mol. The lowest BCUT2D eigenvalue weighted by Crippen LogP contribution is -1.95. The summed E-state index contributed by atoms with van der Waals surface area (Å²) in [5, 5.41) is 11.6. The van der Waals surface area contributed by atoms with Crippen LogP contribution in [0.4, 0.5) is 0 Å². The van der Waals surface area contributed by atoms with Gasteiger partial charge in [0.05, 0.1) is 5.69 Å². The fourth-order valence-electron chi connectivity index (χ4n) is 1.64. The van der Waals surface area contributed by atoms with Crippen LogP contribution in [0.15, 0.2) is 46.9 Å². The lowest BCUT2D eigenvalue weighted by Gasteiger charge is -2.05. The Morgan fingerprint density at radius 2 is 1.81 bits per heavy atom. The zero-order valence-corrected chi connectivity index (χ0v) is 9.79. The van der Waals surface area contributed by atoms with E-state index >= 15 is 0 Å². The Kier molecular flexibility index (Phi) is 2.18. The summed E-state index contributed by atoms with van der Waals surface area (Å²) in [7, 11) is 0. The van der Waals surface area contributed by atoms with Gasteiger partial charge in [-0.15, -0.1) is 5.10 Å². The number of benzene rings is 1. The molecule has 3 aromatic rings. The van der Waals surface area contributed by atoms with Crippen LogP contribution in [0, 0.1) is 0 Å². The van der Waals surface area contributed by atoms with Crippen molar-refractivity contribution in [1.29, 1.82) is 0 Å². The third-order valence-corrected chi connectivity index (χ3v) is 3.00. The summed E-state index contributed by atoms with van der Waals surface area (Å²) in [5.41, 5.74) is 2.78.